The number of hydrogen-bond donors (Lipinski definition) is 1. The van der Waals surface area contributed by atoms with E-state index in [2.05, 4.69) is 22.2 Å². The van der Waals surface area contributed by atoms with Gasteiger partial charge >= 0.3 is 0 Å². The number of carbonyl (C=O) groups excluding carboxylic acids is 1. The van der Waals surface area contributed by atoms with Crippen molar-refractivity contribution < 1.29 is 9.53 Å². The topological polar surface area (TPSA) is 44.8 Å². The van der Waals surface area contributed by atoms with E-state index in [1.54, 1.807) is 7.11 Å². The number of nitrogens with one attached hydrogen (secondary N) is 1. The van der Waals surface area contributed by atoms with Crippen LogP contribution in [0.15, 0.2) is 36.4 Å². The predicted octanol–water partition coefficient (Wildman–Crippen LogP) is 2.22. The molecule has 0 aliphatic carbocycles. The first-order valence-corrected chi connectivity index (χ1v) is 8.93. The highest BCUT2D eigenvalue weighted by atomic mass is 16.5. The Labute approximate surface area is 149 Å². The molecule has 25 heavy (non-hydrogen) atoms. The van der Waals surface area contributed by atoms with E-state index in [-0.39, 0.29) is 5.91 Å². The fraction of sp³-hybridized carbons (Fsp3) is 0.450. The Morgan fingerprint density at radius 1 is 1.12 bits per heavy atom. The summed E-state index contributed by atoms with van der Waals surface area (Å²) in [4.78, 5) is 17.4. The maximum absolute atomic E-state index is 12.6. The molecule has 134 valence electrons. The van der Waals surface area contributed by atoms with Gasteiger partial charge in [-0.15, -0.1) is 0 Å². The molecular weight excluding hydrogens is 314 g/mol. The molecule has 1 aliphatic rings. The van der Waals surface area contributed by atoms with Crippen LogP contribution in [0.25, 0.3) is 10.8 Å². The average Bonchev–Trinajstić information content (AvgIpc) is 2.65. The van der Waals surface area contributed by atoms with Gasteiger partial charge in [-0.2, -0.15) is 0 Å². The number of likely N-dealkylation sites (N-methyl/N-ethyl adjacent to an activating group) is 1. The minimum Gasteiger partial charge on any atom is -0.496 e. The van der Waals surface area contributed by atoms with Gasteiger partial charge in [0.25, 0.3) is 5.91 Å². The second kappa shape index (κ2) is 8.32. The first-order chi connectivity index (χ1) is 12.2. The maximum atomic E-state index is 12.6. The zero-order chi connectivity index (χ0) is 17.6. The Morgan fingerprint density at radius 2 is 1.80 bits per heavy atom. The summed E-state index contributed by atoms with van der Waals surface area (Å²) in [6, 6.07) is 11.8. The Balaban J connectivity index is 1.55. The van der Waals surface area contributed by atoms with Gasteiger partial charge < -0.3 is 19.9 Å². The average molecular weight is 341 g/mol. The molecule has 0 atom stereocenters. The molecule has 0 aromatic heterocycles. The van der Waals surface area contributed by atoms with Crippen LogP contribution in [0, 0.1) is 0 Å². The van der Waals surface area contributed by atoms with Gasteiger partial charge in [0.05, 0.1) is 12.7 Å². The minimum atomic E-state index is -0.0685. The van der Waals surface area contributed by atoms with Crippen molar-refractivity contribution in [2.45, 2.75) is 6.42 Å². The molecule has 3 rings (SSSR count). The third kappa shape index (κ3) is 4.50. The van der Waals surface area contributed by atoms with Gasteiger partial charge in [0, 0.05) is 32.7 Å². The molecule has 1 fully saturated rings. The summed E-state index contributed by atoms with van der Waals surface area (Å²) >= 11 is 0. The Bertz CT molecular complexity index is 724. The van der Waals surface area contributed by atoms with Crippen molar-refractivity contribution in [2.75, 3.05) is 53.4 Å². The summed E-state index contributed by atoms with van der Waals surface area (Å²) < 4.78 is 5.41. The molecular formula is C20H27N3O2. The van der Waals surface area contributed by atoms with Crippen LogP contribution >= 0.6 is 0 Å². The molecule has 1 amide bonds. The van der Waals surface area contributed by atoms with Gasteiger partial charge in [0.1, 0.15) is 5.75 Å². The molecule has 0 spiro atoms. The molecule has 2 aromatic carbocycles. The van der Waals surface area contributed by atoms with Gasteiger partial charge in [0.2, 0.25) is 0 Å². The van der Waals surface area contributed by atoms with E-state index >= 15 is 0 Å². The van der Waals surface area contributed by atoms with Crippen molar-refractivity contribution in [2.24, 2.45) is 0 Å². The SMILES string of the molecule is COc1cc2ccccc2cc1C(=O)NCCCN1CCN(C)CC1. The van der Waals surface area contributed by atoms with E-state index in [1.165, 1.54) is 0 Å². The van der Waals surface area contributed by atoms with Crippen molar-refractivity contribution >= 4 is 16.7 Å². The Kier molecular flexibility index (Phi) is 5.89. The van der Waals surface area contributed by atoms with Gasteiger partial charge in [-0.1, -0.05) is 24.3 Å². The number of hydrogen-bond acceptors (Lipinski definition) is 4. The summed E-state index contributed by atoms with van der Waals surface area (Å²) in [7, 11) is 3.77. The van der Waals surface area contributed by atoms with Crippen LogP contribution in [0.1, 0.15) is 16.8 Å². The third-order valence-electron chi connectivity index (χ3n) is 4.85. The van der Waals surface area contributed by atoms with Crippen LogP contribution in [0.4, 0.5) is 0 Å². The number of piperazine rings is 1. The largest absolute Gasteiger partial charge is 0.496 e. The standard InChI is InChI=1S/C20H27N3O2/c1-22-10-12-23(13-11-22)9-5-8-21-20(24)18-14-16-6-3-4-7-17(16)15-19(18)25-2/h3-4,6-7,14-15H,5,8-13H2,1-2H3,(H,21,24). The molecule has 5 heteroatoms. The van der Waals surface area contributed by atoms with Crippen LogP contribution in [0.5, 0.6) is 5.75 Å². The summed E-state index contributed by atoms with van der Waals surface area (Å²) in [5.41, 5.74) is 0.598. The first-order valence-electron chi connectivity index (χ1n) is 8.93. The lowest BCUT2D eigenvalue weighted by molar-refractivity contribution is 0.0946. The van der Waals surface area contributed by atoms with Crippen LogP contribution in [-0.4, -0.2) is 69.1 Å². The second-order valence-electron chi connectivity index (χ2n) is 6.65. The lowest BCUT2D eigenvalue weighted by atomic mass is 10.1. The molecule has 5 nitrogen and oxygen atoms in total. The van der Waals surface area contributed by atoms with Gasteiger partial charge in [-0.25, -0.2) is 0 Å². The van der Waals surface area contributed by atoms with Crippen molar-refractivity contribution in [3.8, 4) is 5.75 Å². The molecule has 1 aliphatic heterocycles. The van der Waals surface area contributed by atoms with E-state index in [0.29, 0.717) is 17.9 Å². The monoisotopic (exact) mass is 341 g/mol. The predicted molar refractivity (Wildman–Crippen MR) is 101 cm³/mol. The lowest BCUT2D eigenvalue weighted by Crippen LogP contribution is -2.45. The molecule has 0 saturated carbocycles. The van der Waals surface area contributed by atoms with E-state index < -0.39 is 0 Å². The fourth-order valence-electron chi connectivity index (χ4n) is 3.24. The molecule has 2 aromatic rings. The number of carbonyl (C=O) groups is 1. The summed E-state index contributed by atoms with van der Waals surface area (Å²) in [6.07, 6.45) is 0.964. The third-order valence-corrected chi connectivity index (χ3v) is 4.85. The quantitative estimate of drug-likeness (QED) is 0.819. The number of nitrogens with zero attached hydrogens (tertiary/aromatic N) is 2. The normalized spacial score (nSPS) is 16.1. The summed E-state index contributed by atoms with van der Waals surface area (Å²) in [5.74, 6) is 0.552. The molecule has 0 bridgehead atoms. The number of ether oxygens (including phenoxy) is 1. The highest BCUT2D eigenvalue weighted by Crippen LogP contribution is 2.25. The zero-order valence-electron chi connectivity index (χ0n) is 15.1. The maximum Gasteiger partial charge on any atom is 0.255 e. The fourth-order valence-corrected chi connectivity index (χ4v) is 3.24. The van der Waals surface area contributed by atoms with Crippen LogP contribution < -0.4 is 10.1 Å². The number of rotatable bonds is 6. The van der Waals surface area contributed by atoms with E-state index in [1.807, 2.05) is 36.4 Å². The van der Waals surface area contributed by atoms with Gasteiger partial charge in [0.15, 0.2) is 0 Å². The van der Waals surface area contributed by atoms with Crippen molar-refractivity contribution in [1.29, 1.82) is 0 Å². The highest BCUT2D eigenvalue weighted by Gasteiger charge is 2.15. The number of amides is 1. The minimum absolute atomic E-state index is 0.0685. The number of fused-ring (bicyclic) bond motifs is 1. The Morgan fingerprint density at radius 3 is 2.48 bits per heavy atom. The first kappa shape index (κ1) is 17.7. The zero-order valence-corrected chi connectivity index (χ0v) is 15.1. The number of methoxy groups -OCH3 is 1. The van der Waals surface area contributed by atoms with E-state index in [4.69, 9.17) is 4.74 Å². The van der Waals surface area contributed by atoms with Crippen molar-refractivity contribution in [3.05, 3.63) is 42.0 Å². The second-order valence-corrected chi connectivity index (χ2v) is 6.65. The highest BCUT2D eigenvalue weighted by molar-refractivity contribution is 6.01. The van der Waals surface area contributed by atoms with E-state index in [0.717, 1.165) is 49.9 Å². The van der Waals surface area contributed by atoms with E-state index in [9.17, 15) is 4.79 Å². The van der Waals surface area contributed by atoms with Crippen molar-refractivity contribution in [1.82, 2.24) is 15.1 Å². The van der Waals surface area contributed by atoms with Gasteiger partial charge in [-0.05, 0) is 42.9 Å². The smallest absolute Gasteiger partial charge is 0.255 e. The summed E-state index contributed by atoms with van der Waals surface area (Å²) in [5, 5.41) is 5.15. The molecule has 1 heterocycles. The molecule has 0 unspecified atom stereocenters. The summed E-state index contributed by atoms with van der Waals surface area (Å²) in [6.45, 7) is 6.19. The van der Waals surface area contributed by atoms with Crippen LogP contribution in [-0.2, 0) is 0 Å². The molecule has 0 radical (unpaired) electrons. The lowest BCUT2D eigenvalue weighted by Gasteiger charge is -2.32. The van der Waals surface area contributed by atoms with Gasteiger partial charge in [-0.3, -0.25) is 4.79 Å². The van der Waals surface area contributed by atoms with Crippen molar-refractivity contribution in [3.63, 3.8) is 0 Å². The number of benzene rings is 2. The Hall–Kier alpha value is -2.11. The van der Waals surface area contributed by atoms with Crippen LogP contribution in [0.3, 0.4) is 0 Å². The van der Waals surface area contributed by atoms with Crippen LogP contribution in [0.2, 0.25) is 0 Å². The molecule has 1 saturated heterocycles. The molecule has 1 N–H and O–H groups in total.